The molecule has 1 fully saturated rings. The van der Waals surface area contributed by atoms with Crippen molar-refractivity contribution in [2.24, 2.45) is 0 Å². The van der Waals surface area contributed by atoms with E-state index in [4.69, 9.17) is 4.52 Å². The molecule has 116 valence electrons. The van der Waals surface area contributed by atoms with Gasteiger partial charge in [0.1, 0.15) is 11.3 Å². The van der Waals surface area contributed by atoms with Crippen molar-refractivity contribution in [3.05, 3.63) is 45.5 Å². The van der Waals surface area contributed by atoms with Gasteiger partial charge in [0.05, 0.1) is 11.7 Å². The van der Waals surface area contributed by atoms with E-state index >= 15 is 0 Å². The Morgan fingerprint density at radius 1 is 1.55 bits per heavy atom. The fourth-order valence-electron chi connectivity index (χ4n) is 2.99. The van der Waals surface area contributed by atoms with Gasteiger partial charge in [-0.15, -0.1) is 0 Å². The lowest BCUT2D eigenvalue weighted by Gasteiger charge is -2.24. The number of nitrogens with one attached hydrogen (secondary N) is 1. The monoisotopic (exact) mass is 302 g/mol. The molecule has 2 aromatic heterocycles. The number of hydrogen-bond donors (Lipinski definition) is 1. The first-order chi connectivity index (χ1) is 10.6. The van der Waals surface area contributed by atoms with Crippen molar-refractivity contribution in [1.82, 2.24) is 20.0 Å². The van der Waals surface area contributed by atoms with Gasteiger partial charge in [-0.1, -0.05) is 12.1 Å². The highest BCUT2D eigenvalue weighted by atomic mass is 16.5. The maximum Gasteiger partial charge on any atom is 0.345 e. The molecule has 0 bridgehead atoms. The van der Waals surface area contributed by atoms with Gasteiger partial charge in [0, 0.05) is 18.4 Å². The van der Waals surface area contributed by atoms with Crippen LogP contribution in [0.3, 0.4) is 0 Å². The predicted octanol–water partition coefficient (Wildman–Crippen LogP) is 1.61. The second-order valence-electron chi connectivity index (χ2n) is 5.40. The van der Waals surface area contributed by atoms with Crippen LogP contribution in [-0.4, -0.2) is 32.5 Å². The van der Waals surface area contributed by atoms with Gasteiger partial charge in [0.2, 0.25) is 0 Å². The number of aryl methyl sites for hydroxylation is 2. The van der Waals surface area contributed by atoms with Gasteiger partial charge in [-0.3, -0.25) is 4.79 Å². The summed E-state index contributed by atoms with van der Waals surface area (Å²) in [5.74, 6) is 0.450. The Balaban J connectivity index is 1.94. The van der Waals surface area contributed by atoms with Crippen molar-refractivity contribution in [3.63, 3.8) is 0 Å². The van der Waals surface area contributed by atoms with E-state index in [1.54, 1.807) is 17.9 Å². The van der Waals surface area contributed by atoms with Gasteiger partial charge in [-0.25, -0.2) is 9.78 Å². The van der Waals surface area contributed by atoms with Crippen LogP contribution < -0.4 is 5.69 Å². The Bertz CT molecular complexity index is 749. The lowest BCUT2D eigenvalue weighted by Crippen LogP contribution is -2.32. The number of aromatic nitrogens is 3. The molecule has 0 aromatic carbocycles. The van der Waals surface area contributed by atoms with Crippen LogP contribution in [0, 0.1) is 6.92 Å². The third kappa shape index (κ3) is 2.43. The summed E-state index contributed by atoms with van der Waals surface area (Å²) >= 11 is 0. The van der Waals surface area contributed by atoms with Gasteiger partial charge in [0.25, 0.3) is 5.91 Å². The normalized spacial score (nSPS) is 17.9. The zero-order valence-corrected chi connectivity index (χ0v) is 12.6. The van der Waals surface area contributed by atoms with E-state index in [2.05, 4.69) is 15.1 Å². The van der Waals surface area contributed by atoms with Gasteiger partial charge >= 0.3 is 5.69 Å². The first-order valence-electron chi connectivity index (χ1n) is 7.43. The molecule has 22 heavy (non-hydrogen) atoms. The molecule has 1 saturated heterocycles. The maximum absolute atomic E-state index is 12.9. The van der Waals surface area contributed by atoms with Gasteiger partial charge in [-0.2, -0.15) is 0 Å². The molecular formula is C15H18N4O3. The molecule has 1 aliphatic heterocycles. The molecule has 1 aliphatic rings. The molecule has 1 atom stereocenters. The minimum atomic E-state index is -0.396. The summed E-state index contributed by atoms with van der Waals surface area (Å²) < 4.78 is 5.16. The third-order valence-corrected chi connectivity index (χ3v) is 4.05. The minimum Gasteiger partial charge on any atom is -0.361 e. The average Bonchev–Trinajstić information content (AvgIpc) is 3.13. The smallest absolute Gasteiger partial charge is 0.345 e. The summed E-state index contributed by atoms with van der Waals surface area (Å²) in [5, 5.41) is 3.95. The first kappa shape index (κ1) is 14.5. The summed E-state index contributed by atoms with van der Waals surface area (Å²) in [7, 11) is 0. The SMILES string of the molecule is CCc1noc(C)c1C(=O)N1CCC[C@H]1c1ccnc(=O)[nH]1. The Hall–Kier alpha value is -2.44. The lowest BCUT2D eigenvalue weighted by atomic mass is 10.1. The van der Waals surface area contributed by atoms with E-state index in [0.717, 1.165) is 18.5 Å². The van der Waals surface area contributed by atoms with Crippen LogP contribution in [0.1, 0.15) is 53.3 Å². The zero-order chi connectivity index (χ0) is 15.7. The number of carbonyl (C=O) groups is 1. The Morgan fingerprint density at radius 2 is 2.36 bits per heavy atom. The molecule has 7 nitrogen and oxygen atoms in total. The van der Waals surface area contributed by atoms with Crippen LogP contribution in [0.5, 0.6) is 0 Å². The van der Waals surface area contributed by atoms with Crippen molar-refractivity contribution in [3.8, 4) is 0 Å². The quantitative estimate of drug-likeness (QED) is 0.929. The summed E-state index contributed by atoms with van der Waals surface area (Å²) in [6.45, 7) is 4.34. The van der Waals surface area contributed by atoms with Crippen LogP contribution in [0.2, 0.25) is 0 Å². The highest BCUT2D eigenvalue weighted by molar-refractivity contribution is 5.96. The number of aromatic amines is 1. The zero-order valence-electron chi connectivity index (χ0n) is 12.6. The van der Waals surface area contributed by atoms with Crippen molar-refractivity contribution in [2.45, 2.75) is 39.2 Å². The minimum absolute atomic E-state index is 0.0873. The van der Waals surface area contributed by atoms with Crippen molar-refractivity contribution in [1.29, 1.82) is 0 Å². The standard InChI is InChI=1S/C15H18N4O3/c1-3-10-13(9(2)22-18-10)14(20)19-8-4-5-12(19)11-6-7-16-15(21)17-11/h6-7,12H,3-5,8H2,1-2H3,(H,16,17,21)/t12-/m0/s1. The fourth-order valence-corrected chi connectivity index (χ4v) is 2.99. The Morgan fingerprint density at radius 3 is 3.09 bits per heavy atom. The highest BCUT2D eigenvalue weighted by Crippen LogP contribution is 2.32. The van der Waals surface area contributed by atoms with E-state index < -0.39 is 5.69 Å². The van der Waals surface area contributed by atoms with E-state index in [1.165, 1.54) is 6.20 Å². The number of H-pyrrole nitrogens is 1. The average molecular weight is 302 g/mol. The predicted molar refractivity (Wildman–Crippen MR) is 78.5 cm³/mol. The van der Waals surface area contributed by atoms with E-state index in [0.29, 0.717) is 30.0 Å². The number of carbonyl (C=O) groups excluding carboxylic acids is 1. The van der Waals surface area contributed by atoms with E-state index in [9.17, 15) is 9.59 Å². The summed E-state index contributed by atoms with van der Waals surface area (Å²) in [6, 6.07) is 1.61. The second kappa shape index (κ2) is 5.75. The summed E-state index contributed by atoms with van der Waals surface area (Å²) in [6.07, 6.45) is 3.82. The molecule has 0 spiro atoms. The molecule has 0 radical (unpaired) electrons. The van der Waals surface area contributed by atoms with Crippen molar-refractivity contribution < 1.29 is 9.32 Å². The molecule has 0 unspecified atom stereocenters. The van der Waals surface area contributed by atoms with Gasteiger partial charge in [0.15, 0.2) is 0 Å². The molecule has 1 amide bonds. The summed E-state index contributed by atoms with van der Waals surface area (Å²) in [5.41, 5.74) is 1.55. The number of hydrogen-bond acceptors (Lipinski definition) is 5. The van der Waals surface area contributed by atoms with Crippen LogP contribution >= 0.6 is 0 Å². The Labute approximate surface area is 127 Å². The summed E-state index contributed by atoms with van der Waals surface area (Å²) in [4.78, 5) is 32.4. The molecule has 0 aliphatic carbocycles. The first-order valence-corrected chi connectivity index (χ1v) is 7.43. The highest BCUT2D eigenvalue weighted by Gasteiger charge is 2.34. The molecule has 7 heteroatoms. The third-order valence-electron chi connectivity index (χ3n) is 4.05. The number of likely N-dealkylation sites (tertiary alicyclic amines) is 1. The number of rotatable bonds is 3. The fraction of sp³-hybridized carbons (Fsp3) is 0.467. The van der Waals surface area contributed by atoms with Crippen LogP contribution in [0.15, 0.2) is 21.6 Å². The van der Waals surface area contributed by atoms with Crippen molar-refractivity contribution >= 4 is 5.91 Å². The largest absolute Gasteiger partial charge is 0.361 e. The van der Waals surface area contributed by atoms with Crippen LogP contribution in [0.4, 0.5) is 0 Å². The molecule has 3 heterocycles. The van der Waals surface area contributed by atoms with E-state index in [1.807, 2.05) is 6.92 Å². The topological polar surface area (TPSA) is 92.1 Å². The van der Waals surface area contributed by atoms with Crippen LogP contribution in [-0.2, 0) is 6.42 Å². The molecule has 3 rings (SSSR count). The molecular weight excluding hydrogens is 284 g/mol. The van der Waals surface area contributed by atoms with Gasteiger partial charge in [-0.05, 0) is 32.3 Å². The number of nitrogens with zero attached hydrogens (tertiary/aromatic N) is 3. The molecule has 2 aromatic rings. The maximum atomic E-state index is 12.9. The Kier molecular flexibility index (Phi) is 3.79. The number of amides is 1. The molecule has 1 N–H and O–H groups in total. The van der Waals surface area contributed by atoms with Crippen molar-refractivity contribution in [2.75, 3.05) is 6.54 Å². The second-order valence-corrected chi connectivity index (χ2v) is 5.40. The van der Waals surface area contributed by atoms with Gasteiger partial charge < -0.3 is 14.4 Å². The van der Waals surface area contributed by atoms with Crippen LogP contribution in [0.25, 0.3) is 0 Å². The van der Waals surface area contributed by atoms with E-state index in [-0.39, 0.29) is 11.9 Å². The lowest BCUT2D eigenvalue weighted by molar-refractivity contribution is 0.0730. The molecule has 0 saturated carbocycles.